The summed E-state index contributed by atoms with van der Waals surface area (Å²) >= 11 is 1.35. The summed E-state index contributed by atoms with van der Waals surface area (Å²) in [7, 11) is -4.02. The maximum Gasteiger partial charge on any atom is 0.242 e. The Kier molecular flexibility index (Phi) is 4.90. The SMILES string of the molecule is CCC(NS(=O)(=O)c1cccc(F)c1C#N)c1nc(C)cs1. The van der Waals surface area contributed by atoms with Gasteiger partial charge in [0.1, 0.15) is 27.4 Å². The normalized spacial score (nSPS) is 12.8. The highest BCUT2D eigenvalue weighted by molar-refractivity contribution is 7.89. The third-order valence-electron chi connectivity index (χ3n) is 3.02. The van der Waals surface area contributed by atoms with Crippen LogP contribution in [-0.4, -0.2) is 13.4 Å². The number of thiazole rings is 1. The molecule has 0 spiro atoms. The number of rotatable bonds is 5. The van der Waals surface area contributed by atoms with Gasteiger partial charge >= 0.3 is 0 Å². The fourth-order valence-corrected chi connectivity index (χ4v) is 4.38. The first-order valence-corrected chi connectivity index (χ1v) is 8.88. The summed E-state index contributed by atoms with van der Waals surface area (Å²) in [4.78, 5) is 3.91. The van der Waals surface area contributed by atoms with Crippen LogP contribution in [0.25, 0.3) is 0 Å². The topological polar surface area (TPSA) is 82.9 Å². The summed E-state index contributed by atoms with van der Waals surface area (Å²) in [6.45, 7) is 3.64. The van der Waals surface area contributed by atoms with Crippen molar-refractivity contribution in [2.24, 2.45) is 0 Å². The molecule has 0 radical (unpaired) electrons. The molecular formula is C14H14FN3O2S2. The van der Waals surface area contributed by atoms with Crippen LogP contribution in [0.5, 0.6) is 0 Å². The van der Waals surface area contributed by atoms with E-state index < -0.39 is 27.4 Å². The standard InChI is InChI=1S/C14H14FN3O2S2/c1-3-12(14-17-9(2)8-21-14)18-22(19,20)13-6-4-5-11(15)10(13)7-16/h4-6,8,12,18H,3H2,1-2H3. The van der Waals surface area contributed by atoms with Crippen molar-refractivity contribution < 1.29 is 12.8 Å². The van der Waals surface area contributed by atoms with Gasteiger partial charge in [0.2, 0.25) is 10.0 Å². The Morgan fingerprint density at radius 2 is 2.23 bits per heavy atom. The third kappa shape index (κ3) is 3.32. The molecule has 116 valence electrons. The molecule has 0 aliphatic carbocycles. The summed E-state index contributed by atoms with van der Waals surface area (Å²) in [6.07, 6.45) is 0.489. The molecule has 0 fully saturated rings. The minimum absolute atomic E-state index is 0.360. The van der Waals surface area contributed by atoms with Crippen molar-refractivity contribution in [3.63, 3.8) is 0 Å². The average molecular weight is 339 g/mol. The number of nitrogens with one attached hydrogen (secondary N) is 1. The Morgan fingerprint density at radius 3 is 2.77 bits per heavy atom. The highest BCUT2D eigenvalue weighted by Crippen LogP contribution is 2.25. The van der Waals surface area contributed by atoms with Crippen LogP contribution in [0.4, 0.5) is 4.39 Å². The van der Waals surface area contributed by atoms with Gasteiger partial charge in [0.05, 0.1) is 6.04 Å². The first-order valence-electron chi connectivity index (χ1n) is 6.52. The summed E-state index contributed by atoms with van der Waals surface area (Å²) in [5.41, 5.74) is 0.321. The van der Waals surface area contributed by atoms with E-state index in [1.54, 1.807) is 6.07 Å². The minimum atomic E-state index is -4.02. The molecule has 5 nitrogen and oxygen atoms in total. The Morgan fingerprint density at radius 1 is 1.50 bits per heavy atom. The Hall–Kier alpha value is -1.82. The molecule has 22 heavy (non-hydrogen) atoms. The summed E-state index contributed by atoms with van der Waals surface area (Å²) in [6, 6.07) is 4.61. The highest BCUT2D eigenvalue weighted by Gasteiger charge is 2.26. The molecule has 0 aliphatic heterocycles. The molecule has 8 heteroatoms. The predicted octanol–water partition coefficient (Wildman–Crippen LogP) is 2.89. The molecule has 2 rings (SSSR count). The summed E-state index contributed by atoms with van der Waals surface area (Å²) in [5, 5.41) is 11.4. The van der Waals surface area contributed by atoms with Gasteiger partial charge in [-0.05, 0) is 25.5 Å². The van der Waals surface area contributed by atoms with E-state index in [1.165, 1.54) is 23.5 Å². The predicted molar refractivity (Wildman–Crippen MR) is 81.3 cm³/mol. The maximum absolute atomic E-state index is 13.6. The van der Waals surface area contributed by atoms with Crippen molar-refractivity contribution in [3.05, 3.63) is 45.7 Å². The zero-order chi connectivity index (χ0) is 16.3. The molecule has 1 N–H and O–H groups in total. The molecule has 0 amide bonds. The van der Waals surface area contributed by atoms with Crippen molar-refractivity contribution in [2.45, 2.75) is 31.2 Å². The first-order chi connectivity index (χ1) is 10.4. The quantitative estimate of drug-likeness (QED) is 0.908. The zero-order valence-electron chi connectivity index (χ0n) is 12.0. The van der Waals surface area contributed by atoms with Crippen LogP contribution in [0.15, 0.2) is 28.5 Å². The molecule has 1 aromatic carbocycles. The Balaban J connectivity index is 2.39. The van der Waals surface area contributed by atoms with Gasteiger partial charge in [-0.3, -0.25) is 0 Å². The number of benzene rings is 1. The van der Waals surface area contributed by atoms with E-state index in [2.05, 4.69) is 9.71 Å². The zero-order valence-corrected chi connectivity index (χ0v) is 13.6. The first kappa shape index (κ1) is 16.5. The molecule has 0 saturated heterocycles. The fraction of sp³-hybridized carbons (Fsp3) is 0.286. The summed E-state index contributed by atoms with van der Waals surface area (Å²) < 4.78 is 41.0. The van der Waals surface area contributed by atoms with E-state index in [1.807, 2.05) is 19.2 Å². The van der Waals surface area contributed by atoms with E-state index in [0.717, 1.165) is 11.8 Å². The van der Waals surface area contributed by atoms with Crippen molar-refractivity contribution in [1.82, 2.24) is 9.71 Å². The molecule has 2 aromatic rings. The lowest BCUT2D eigenvalue weighted by molar-refractivity contribution is 0.546. The molecule has 0 saturated carbocycles. The minimum Gasteiger partial charge on any atom is -0.245 e. The second kappa shape index (κ2) is 6.52. The molecule has 0 aliphatic rings. The Bertz CT molecular complexity index is 825. The number of aromatic nitrogens is 1. The van der Waals surface area contributed by atoms with E-state index >= 15 is 0 Å². The maximum atomic E-state index is 13.6. The fourth-order valence-electron chi connectivity index (χ4n) is 1.93. The van der Waals surface area contributed by atoms with E-state index in [9.17, 15) is 12.8 Å². The average Bonchev–Trinajstić information content (AvgIpc) is 2.91. The number of nitriles is 1. The van der Waals surface area contributed by atoms with Gasteiger partial charge in [0.15, 0.2) is 0 Å². The summed E-state index contributed by atoms with van der Waals surface area (Å²) in [5.74, 6) is -0.858. The molecule has 1 unspecified atom stereocenters. The van der Waals surface area contributed by atoms with Gasteiger partial charge in [-0.2, -0.15) is 5.26 Å². The molecular weight excluding hydrogens is 325 g/mol. The van der Waals surface area contributed by atoms with Crippen LogP contribution in [0.1, 0.15) is 35.7 Å². The monoisotopic (exact) mass is 339 g/mol. The van der Waals surface area contributed by atoms with Crippen LogP contribution in [0.3, 0.4) is 0 Å². The lowest BCUT2D eigenvalue weighted by Crippen LogP contribution is -2.29. The van der Waals surface area contributed by atoms with Gasteiger partial charge in [-0.15, -0.1) is 11.3 Å². The van der Waals surface area contributed by atoms with Gasteiger partial charge in [0.25, 0.3) is 0 Å². The van der Waals surface area contributed by atoms with E-state index in [0.29, 0.717) is 11.4 Å². The van der Waals surface area contributed by atoms with Gasteiger partial charge in [-0.1, -0.05) is 13.0 Å². The van der Waals surface area contributed by atoms with Crippen molar-refractivity contribution in [2.75, 3.05) is 0 Å². The van der Waals surface area contributed by atoms with Crippen LogP contribution in [0.2, 0.25) is 0 Å². The number of hydrogen-bond donors (Lipinski definition) is 1. The third-order valence-corrected chi connectivity index (χ3v) is 5.61. The molecule has 1 heterocycles. The van der Waals surface area contributed by atoms with Crippen molar-refractivity contribution >= 4 is 21.4 Å². The molecule has 1 aromatic heterocycles. The second-order valence-corrected chi connectivity index (χ2v) is 7.21. The van der Waals surface area contributed by atoms with Gasteiger partial charge in [-0.25, -0.2) is 22.5 Å². The Labute approximate surface area is 132 Å². The van der Waals surface area contributed by atoms with Crippen molar-refractivity contribution in [1.29, 1.82) is 5.26 Å². The smallest absolute Gasteiger partial charge is 0.242 e. The van der Waals surface area contributed by atoms with Crippen molar-refractivity contribution in [3.8, 4) is 6.07 Å². The lowest BCUT2D eigenvalue weighted by atomic mass is 10.2. The number of hydrogen-bond acceptors (Lipinski definition) is 5. The van der Waals surface area contributed by atoms with E-state index in [-0.39, 0.29) is 4.90 Å². The highest BCUT2D eigenvalue weighted by atomic mass is 32.2. The van der Waals surface area contributed by atoms with Gasteiger partial charge < -0.3 is 0 Å². The number of nitrogens with zero attached hydrogens (tertiary/aromatic N) is 2. The van der Waals surface area contributed by atoms with Crippen LogP contribution < -0.4 is 4.72 Å². The van der Waals surface area contributed by atoms with E-state index in [4.69, 9.17) is 5.26 Å². The molecule has 1 atom stereocenters. The van der Waals surface area contributed by atoms with Crippen LogP contribution in [-0.2, 0) is 10.0 Å². The molecule has 0 bridgehead atoms. The second-order valence-electron chi connectivity index (χ2n) is 4.63. The van der Waals surface area contributed by atoms with Crippen LogP contribution >= 0.6 is 11.3 Å². The lowest BCUT2D eigenvalue weighted by Gasteiger charge is -2.15. The van der Waals surface area contributed by atoms with Crippen LogP contribution in [0, 0.1) is 24.1 Å². The largest absolute Gasteiger partial charge is 0.245 e. The number of aryl methyl sites for hydroxylation is 1. The van der Waals surface area contributed by atoms with Gasteiger partial charge in [0, 0.05) is 11.1 Å². The number of sulfonamides is 1. The number of halogens is 1.